The zero-order chi connectivity index (χ0) is 14.1. The highest BCUT2D eigenvalue weighted by Gasteiger charge is 2.23. The summed E-state index contributed by atoms with van der Waals surface area (Å²) in [6, 6.07) is 8.50. The standard InChI is InChI=1S/C16H19N3O/c1-11-14(10-19(2)18-11)16(20)17-15-9-5-7-12-6-3-4-8-13(12)15/h3-4,6,8,10,15H,5,7,9H2,1-2H3,(H,17,20). The molecule has 0 radical (unpaired) electrons. The average Bonchev–Trinajstić information content (AvgIpc) is 2.78. The van der Waals surface area contributed by atoms with E-state index in [0.29, 0.717) is 5.56 Å². The Balaban J connectivity index is 1.82. The van der Waals surface area contributed by atoms with Gasteiger partial charge in [-0.05, 0) is 37.3 Å². The largest absolute Gasteiger partial charge is 0.345 e. The molecule has 1 atom stereocenters. The lowest BCUT2D eigenvalue weighted by Gasteiger charge is -2.26. The van der Waals surface area contributed by atoms with Crippen LogP contribution in [0.3, 0.4) is 0 Å². The lowest BCUT2D eigenvalue weighted by Crippen LogP contribution is -2.31. The van der Waals surface area contributed by atoms with Crippen molar-refractivity contribution >= 4 is 5.91 Å². The van der Waals surface area contributed by atoms with Crippen LogP contribution in [0.25, 0.3) is 0 Å². The van der Waals surface area contributed by atoms with Gasteiger partial charge in [0.25, 0.3) is 5.91 Å². The number of amides is 1. The fraction of sp³-hybridized carbons (Fsp3) is 0.375. The first kappa shape index (κ1) is 12.9. The Bertz CT molecular complexity index is 645. The number of nitrogens with one attached hydrogen (secondary N) is 1. The van der Waals surface area contributed by atoms with E-state index in [1.54, 1.807) is 10.9 Å². The number of fused-ring (bicyclic) bond motifs is 1. The molecule has 1 aromatic heterocycles. The maximum absolute atomic E-state index is 12.4. The number of aromatic nitrogens is 2. The predicted molar refractivity (Wildman–Crippen MR) is 77.5 cm³/mol. The molecule has 4 nitrogen and oxygen atoms in total. The molecule has 0 aliphatic heterocycles. The number of nitrogens with zero attached hydrogens (tertiary/aromatic N) is 2. The minimum Gasteiger partial charge on any atom is -0.345 e. The Morgan fingerprint density at radius 1 is 1.40 bits per heavy atom. The van der Waals surface area contributed by atoms with Gasteiger partial charge in [0.1, 0.15) is 0 Å². The monoisotopic (exact) mass is 269 g/mol. The lowest BCUT2D eigenvalue weighted by atomic mass is 9.87. The highest BCUT2D eigenvalue weighted by atomic mass is 16.1. The van der Waals surface area contributed by atoms with E-state index in [-0.39, 0.29) is 11.9 Å². The Labute approximate surface area is 118 Å². The molecule has 1 aliphatic carbocycles. The molecule has 1 aromatic carbocycles. The fourth-order valence-electron chi connectivity index (χ4n) is 2.96. The van der Waals surface area contributed by atoms with E-state index in [9.17, 15) is 4.79 Å². The summed E-state index contributed by atoms with van der Waals surface area (Å²) >= 11 is 0. The maximum atomic E-state index is 12.4. The van der Waals surface area contributed by atoms with E-state index in [2.05, 4.69) is 28.6 Å². The third kappa shape index (κ3) is 2.33. The first-order chi connectivity index (χ1) is 9.65. The second-order valence-electron chi connectivity index (χ2n) is 5.42. The van der Waals surface area contributed by atoms with Gasteiger partial charge in [0.15, 0.2) is 0 Å². The summed E-state index contributed by atoms with van der Waals surface area (Å²) in [4.78, 5) is 12.4. The van der Waals surface area contributed by atoms with Crippen LogP contribution in [0.5, 0.6) is 0 Å². The molecule has 1 unspecified atom stereocenters. The Hall–Kier alpha value is -2.10. The minimum atomic E-state index is -0.0303. The van der Waals surface area contributed by atoms with Crippen molar-refractivity contribution < 1.29 is 4.79 Å². The number of hydrogen-bond donors (Lipinski definition) is 1. The van der Waals surface area contributed by atoms with Crippen LogP contribution in [-0.2, 0) is 13.5 Å². The van der Waals surface area contributed by atoms with Crippen molar-refractivity contribution in [3.05, 3.63) is 52.8 Å². The highest BCUT2D eigenvalue weighted by molar-refractivity contribution is 5.95. The molecule has 0 saturated carbocycles. The second kappa shape index (κ2) is 5.12. The summed E-state index contributed by atoms with van der Waals surface area (Å²) in [6.07, 6.45) is 5.00. The molecular formula is C16H19N3O. The summed E-state index contributed by atoms with van der Waals surface area (Å²) in [5.74, 6) is -0.0303. The number of carbonyl (C=O) groups excluding carboxylic acids is 1. The summed E-state index contributed by atoms with van der Waals surface area (Å²) in [7, 11) is 1.83. The molecule has 1 N–H and O–H groups in total. The molecule has 0 spiro atoms. The molecule has 104 valence electrons. The maximum Gasteiger partial charge on any atom is 0.255 e. The molecule has 0 fully saturated rings. The summed E-state index contributed by atoms with van der Waals surface area (Å²) in [5.41, 5.74) is 4.05. The van der Waals surface area contributed by atoms with Gasteiger partial charge >= 0.3 is 0 Å². The topological polar surface area (TPSA) is 46.9 Å². The van der Waals surface area contributed by atoms with Gasteiger partial charge in [0.05, 0.1) is 17.3 Å². The van der Waals surface area contributed by atoms with Gasteiger partial charge in [-0.1, -0.05) is 24.3 Å². The molecular weight excluding hydrogens is 250 g/mol. The van der Waals surface area contributed by atoms with Crippen molar-refractivity contribution in [2.75, 3.05) is 0 Å². The minimum absolute atomic E-state index is 0.0303. The molecule has 20 heavy (non-hydrogen) atoms. The first-order valence-electron chi connectivity index (χ1n) is 7.04. The normalized spacial score (nSPS) is 17.6. The summed E-state index contributed by atoms with van der Waals surface area (Å²) in [5, 5.41) is 7.38. The van der Waals surface area contributed by atoms with Gasteiger partial charge < -0.3 is 5.32 Å². The van der Waals surface area contributed by atoms with Gasteiger partial charge in [-0.25, -0.2) is 0 Å². The van der Waals surface area contributed by atoms with Crippen LogP contribution < -0.4 is 5.32 Å². The molecule has 3 rings (SSSR count). The lowest BCUT2D eigenvalue weighted by molar-refractivity contribution is 0.0932. The van der Waals surface area contributed by atoms with E-state index in [0.717, 1.165) is 25.0 Å². The molecule has 0 saturated heterocycles. The third-order valence-corrected chi connectivity index (χ3v) is 3.93. The van der Waals surface area contributed by atoms with Crippen molar-refractivity contribution in [1.29, 1.82) is 0 Å². The van der Waals surface area contributed by atoms with Gasteiger partial charge in [0.2, 0.25) is 0 Å². The fourth-order valence-corrected chi connectivity index (χ4v) is 2.96. The van der Waals surface area contributed by atoms with E-state index < -0.39 is 0 Å². The van der Waals surface area contributed by atoms with Crippen LogP contribution in [0.2, 0.25) is 0 Å². The first-order valence-corrected chi connectivity index (χ1v) is 7.04. The molecule has 1 amide bonds. The second-order valence-corrected chi connectivity index (χ2v) is 5.42. The molecule has 4 heteroatoms. The van der Waals surface area contributed by atoms with Crippen molar-refractivity contribution in [2.24, 2.45) is 7.05 Å². The third-order valence-electron chi connectivity index (χ3n) is 3.93. The van der Waals surface area contributed by atoms with Crippen LogP contribution in [0.4, 0.5) is 0 Å². The molecule has 1 heterocycles. The van der Waals surface area contributed by atoms with E-state index in [4.69, 9.17) is 0 Å². The molecule has 1 aliphatic rings. The number of aryl methyl sites for hydroxylation is 3. The van der Waals surface area contributed by atoms with Crippen molar-refractivity contribution in [3.63, 3.8) is 0 Å². The van der Waals surface area contributed by atoms with Crippen LogP contribution in [0.15, 0.2) is 30.5 Å². The van der Waals surface area contributed by atoms with Gasteiger partial charge in [-0.3, -0.25) is 9.48 Å². The Kier molecular flexibility index (Phi) is 3.30. The highest BCUT2D eigenvalue weighted by Crippen LogP contribution is 2.29. The number of hydrogen-bond acceptors (Lipinski definition) is 2. The van der Waals surface area contributed by atoms with E-state index >= 15 is 0 Å². The van der Waals surface area contributed by atoms with Gasteiger partial charge in [-0.2, -0.15) is 5.10 Å². The zero-order valence-electron chi connectivity index (χ0n) is 11.9. The van der Waals surface area contributed by atoms with Gasteiger partial charge in [-0.15, -0.1) is 0 Å². The zero-order valence-corrected chi connectivity index (χ0v) is 11.9. The Morgan fingerprint density at radius 3 is 2.95 bits per heavy atom. The predicted octanol–water partition coefficient (Wildman–Crippen LogP) is 2.54. The van der Waals surface area contributed by atoms with Crippen LogP contribution in [0, 0.1) is 6.92 Å². The Morgan fingerprint density at radius 2 is 2.20 bits per heavy atom. The van der Waals surface area contributed by atoms with Crippen molar-refractivity contribution in [1.82, 2.24) is 15.1 Å². The van der Waals surface area contributed by atoms with Gasteiger partial charge in [0, 0.05) is 13.2 Å². The quantitative estimate of drug-likeness (QED) is 0.910. The average molecular weight is 269 g/mol. The van der Waals surface area contributed by atoms with Crippen LogP contribution >= 0.6 is 0 Å². The summed E-state index contributed by atoms with van der Waals surface area (Å²) < 4.78 is 1.68. The van der Waals surface area contributed by atoms with E-state index in [1.807, 2.05) is 20.0 Å². The number of rotatable bonds is 2. The summed E-state index contributed by atoms with van der Waals surface area (Å²) in [6.45, 7) is 1.86. The van der Waals surface area contributed by atoms with Crippen LogP contribution in [-0.4, -0.2) is 15.7 Å². The number of carbonyl (C=O) groups is 1. The smallest absolute Gasteiger partial charge is 0.255 e. The SMILES string of the molecule is Cc1nn(C)cc1C(=O)NC1CCCc2ccccc21. The molecule has 0 bridgehead atoms. The van der Waals surface area contributed by atoms with Crippen molar-refractivity contribution in [3.8, 4) is 0 Å². The van der Waals surface area contributed by atoms with E-state index in [1.165, 1.54) is 11.1 Å². The molecule has 2 aromatic rings. The van der Waals surface area contributed by atoms with Crippen molar-refractivity contribution in [2.45, 2.75) is 32.2 Å². The van der Waals surface area contributed by atoms with Crippen LogP contribution in [0.1, 0.15) is 46.1 Å². The number of benzene rings is 1.